The number of anilines is 1. The predicted octanol–water partition coefficient (Wildman–Crippen LogP) is 2.60. The Labute approximate surface area is 121 Å². The zero-order valence-corrected chi connectivity index (χ0v) is 11.7. The summed E-state index contributed by atoms with van der Waals surface area (Å²) >= 11 is 5.98. The fraction of sp³-hybridized carbons (Fsp3) is 0.214. The molecule has 3 N–H and O–H groups in total. The van der Waals surface area contributed by atoms with Crippen LogP contribution in [0.1, 0.15) is 12.7 Å². The molecule has 1 atom stereocenters. The highest BCUT2D eigenvalue weighted by molar-refractivity contribution is 6.32. The number of amides is 1. The lowest BCUT2D eigenvalue weighted by Crippen LogP contribution is -2.36. The molecule has 1 aromatic heterocycles. The molecule has 1 aromatic carbocycles. The molecule has 0 fully saturated rings. The van der Waals surface area contributed by atoms with Gasteiger partial charge in [0.25, 0.3) is 5.91 Å². The van der Waals surface area contributed by atoms with Crippen molar-refractivity contribution in [1.82, 2.24) is 5.32 Å². The first kappa shape index (κ1) is 14.3. The van der Waals surface area contributed by atoms with Gasteiger partial charge in [0.15, 0.2) is 11.9 Å². The Morgan fingerprint density at radius 2 is 2.25 bits per heavy atom. The Hall–Kier alpha value is -2.14. The minimum atomic E-state index is -0.716. The average molecular weight is 295 g/mol. The highest BCUT2D eigenvalue weighted by Gasteiger charge is 2.17. The van der Waals surface area contributed by atoms with E-state index in [4.69, 9.17) is 26.5 Å². The molecule has 6 heteroatoms. The topological polar surface area (TPSA) is 77.5 Å². The van der Waals surface area contributed by atoms with E-state index in [2.05, 4.69) is 5.32 Å². The fourth-order valence-corrected chi connectivity index (χ4v) is 1.84. The first-order chi connectivity index (χ1) is 9.58. The number of nitrogens with one attached hydrogen (secondary N) is 1. The van der Waals surface area contributed by atoms with Gasteiger partial charge in [0.05, 0.1) is 23.5 Å². The molecule has 0 aliphatic heterocycles. The minimum absolute atomic E-state index is 0.277. The number of halogens is 1. The van der Waals surface area contributed by atoms with E-state index in [9.17, 15) is 4.79 Å². The zero-order valence-electron chi connectivity index (χ0n) is 10.9. The van der Waals surface area contributed by atoms with E-state index < -0.39 is 6.10 Å². The van der Waals surface area contributed by atoms with Gasteiger partial charge in [0, 0.05) is 0 Å². The maximum atomic E-state index is 11.9. The number of hydrogen-bond donors (Lipinski definition) is 2. The van der Waals surface area contributed by atoms with Crippen molar-refractivity contribution in [3.63, 3.8) is 0 Å². The number of hydrogen-bond acceptors (Lipinski definition) is 4. The van der Waals surface area contributed by atoms with Gasteiger partial charge in [-0.25, -0.2) is 0 Å². The third-order valence-electron chi connectivity index (χ3n) is 2.68. The summed E-state index contributed by atoms with van der Waals surface area (Å²) < 4.78 is 10.6. The quantitative estimate of drug-likeness (QED) is 0.831. The molecule has 1 unspecified atom stereocenters. The largest absolute Gasteiger partial charge is 0.477 e. The van der Waals surface area contributed by atoms with Gasteiger partial charge < -0.3 is 20.2 Å². The van der Waals surface area contributed by atoms with Crippen LogP contribution in [0.15, 0.2) is 41.0 Å². The van der Waals surface area contributed by atoms with Gasteiger partial charge in [0.1, 0.15) is 5.76 Å². The summed E-state index contributed by atoms with van der Waals surface area (Å²) in [5, 5.41) is 3.07. The molecule has 2 aromatic rings. The molecule has 5 nitrogen and oxygen atoms in total. The first-order valence-electron chi connectivity index (χ1n) is 6.08. The number of nitrogen functional groups attached to an aromatic ring is 1. The molecule has 1 heterocycles. The molecule has 0 saturated heterocycles. The van der Waals surface area contributed by atoms with E-state index in [-0.39, 0.29) is 5.91 Å². The van der Waals surface area contributed by atoms with Crippen LogP contribution < -0.4 is 15.8 Å². The van der Waals surface area contributed by atoms with Crippen LogP contribution in [0.5, 0.6) is 5.75 Å². The molecule has 20 heavy (non-hydrogen) atoms. The van der Waals surface area contributed by atoms with Gasteiger partial charge in [-0.2, -0.15) is 0 Å². The van der Waals surface area contributed by atoms with Crippen molar-refractivity contribution >= 4 is 23.2 Å². The summed E-state index contributed by atoms with van der Waals surface area (Å²) in [5.41, 5.74) is 6.16. The van der Waals surface area contributed by atoms with Gasteiger partial charge in [-0.1, -0.05) is 17.7 Å². The molecule has 0 saturated carbocycles. The standard InChI is InChI=1S/C14H15ClN2O3/c1-9(14(18)17-8-10-4-3-7-19-10)20-13-11(15)5-2-6-12(13)16/h2-7,9H,8,16H2,1H3,(H,17,18). The van der Waals surface area contributed by atoms with Crippen molar-refractivity contribution in [2.75, 3.05) is 5.73 Å². The fourth-order valence-electron chi connectivity index (χ4n) is 1.61. The Bertz CT molecular complexity index is 564. The van der Waals surface area contributed by atoms with Crippen molar-refractivity contribution in [2.45, 2.75) is 19.6 Å². The summed E-state index contributed by atoms with van der Waals surface area (Å²) in [4.78, 5) is 11.9. The van der Waals surface area contributed by atoms with Crippen LogP contribution in [0.25, 0.3) is 0 Å². The minimum Gasteiger partial charge on any atom is -0.477 e. The molecule has 0 spiro atoms. The third-order valence-corrected chi connectivity index (χ3v) is 2.98. The maximum absolute atomic E-state index is 11.9. The van der Waals surface area contributed by atoms with Crippen LogP contribution in [0.2, 0.25) is 5.02 Å². The predicted molar refractivity (Wildman–Crippen MR) is 76.5 cm³/mol. The van der Waals surface area contributed by atoms with E-state index in [0.29, 0.717) is 28.8 Å². The Balaban J connectivity index is 1.94. The van der Waals surface area contributed by atoms with Crippen LogP contribution in [0.3, 0.4) is 0 Å². The monoisotopic (exact) mass is 294 g/mol. The van der Waals surface area contributed by atoms with Crippen LogP contribution >= 0.6 is 11.6 Å². The van der Waals surface area contributed by atoms with Crippen molar-refractivity contribution in [3.8, 4) is 5.75 Å². The average Bonchev–Trinajstić information content (AvgIpc) is 2.93. The summed E-state index contributed by atoms with van der Waals surface area (Å²) in [6.45, 7) is 1.93. The summed E-state index contributed by atoms with van der Waals surface area (Å²) in [6, 6.07) is 8.56. The third kappa shape index (κ3) is 3.45. The smallest absolute Gasteiger partial charge is 0.261 e. The first-order valence-corrected chi connectivity index (χ1v) is 6.46. The van der Waals surface area contributed by atoms with Crippen molar-refractivity contribution < 1.29 is 13.9 Å². The van der Waals surface area contributed by atoms with Gasteiger partial charge in [-0.3, -0.25) is 4.79 Å². The lowest BCUT2D eigenvalue weighted by molar-refractivity contribution is -0.127. The van der Waals surface area contributed by atoms with E-state index in [0.717, 1.165) is 0 Å². The summed E-state index contributed by atoms with van der Waals surface area (Å²) in [6.07, 6.45) is 0.832. The summed E-state index contributed by atoms with van der Waals surface area (Å²) in [7, 11) is 0. The Morgan fingerprint density at radius 1 is 1.45 bits per heavy atom. The summed E-state index contributed by atoms with van der Waals surface area (Å²) in [5.74, 6) is 0.707. The van der Waals surface area contributed by atoms with Gasteiger partial charge >= 0.3 is 0 Å². The van der Waals surface area contributed by atoms with Crippen LogP contribution in [0.4, 0.5) is 5.69 Å². The number of nitrogens with two attached hydrogens (primary N) is 1. The molecule has 1 amide bonds. The van der Waals surface area contributed by atoms with Gasteiger partial charge in [-0.05, 0) is 31.2 Å². The molecule has 0 aliphatic carbocycles. The molecule has 2 rings (SSSR count). The van der Waals surface area contributed by atoms with Crippen molar-refractivity contribution in [1.29, 1.82) is 0 Å². The van der Waals surface area contributed by atoms with Gasteiger partial charge in [-0.15, -0.1) is 0 Å². The van der Waals surface area contributed by atoms with E-state index >= 15 is 0 Å². The molecule has 106 valence electrons. The van der Waals surface area contributed by atoms with Crippen LogP contribution in [-0.2, 0) is 11.3 Å². The molecular weight excluding hydrogens is 280 g/mol. The number of furan rings is 1. The van der Waals surface area contributed by atoms with Gasteiger partial charge in [0.2, 0.25) is 0 Å². The van der Waals surface area contributed by atoms with Crippen molar-refractivity contribution in [3.05, 3.63) is 47.4 Å². The number of rotatable bonds is 5. The normalized spacial score (nSPS) is 11.9. The lowest BCUT2D eigenvalue weighted by Gasteiger charge is -2.16. The second-order valence-corrected chi connectivity index (χ2v) is 4.62. The number of benzene rings is 1. The zero-order chi connectivity index (χ0) is 14.5. The highest BCUT2D eigenvalue weighted by Crippen LogP contribution is 2.31. The van der Waals surface area contributed by atoms with E-state index in [1.54, 1.807) is 43.5 Å². The van der Waals surface area contributed by atoms with E-state index in [1.807, 2.05) is 0 Å². The Kier molecular flexibility index (Phi) is 4.53. The lowest BCUT2D eigenvalue weighted by atomic mass is 10.3. The molecule has 0 aliphatic rings. The number of carbonyl (C=O) groups is 1. The highest BCUT2D eigenvalue weighted by atomic mass is 35.5. The van der Waals surface area contributed by atoms with Crippen molar-refractivity contribution in [2.24, 2.45) is 0 Å². The number of ether oxygens (including phenoxy) is 1. The second kappa shape index (κ2) is 6.34. The number of carbonyl (C=O) groups excluding carboxylic acids is 1. The van der Waals surface area contributed by atoms with E-state index in [1.165, 1.54) is 0 Å². The maximum Gasteiger partial charge on any atom is 0.261 e. The van der Waals surface area contributed by atoms with Crippen LogP contribution in [-0.4, -0.2) is 12.0 Å². The SMILES string of the molecule is CC(Oc1c(N)cccc1Cl)C(=O)NCc1ccco1. The molecule has 0 bridgehead atoms. The Morgan fingerprint density at radius 3 is 2.90 bits per heavy atom. The molecular formula is C14H15ClN2O3. The second-order valence-electron chi connectivity index (χ2n) is 4.22. The van der Waals surface area contributed by atoms with Crippen LogP contribution in [0, 0.1) is 0 Å². The number of para-hydroxylation sites is 1. The molecule has 0 radical (unpaired) electrons.